The van der Waals surface area contributed by atoms with Crippen molar-refractivity contribution in [3.05, 3.63) is 28.0 Å². The second-order valence-electron chi connectivity index (χ2n) is 2.35. The van der Waals surface area contributed by atoms with Crippen LogP contribution in [0.3, 0.4) is 0 Å². The Morgan fingerprint density at radius 3 is 2.83 bits per heavy atom. The van der Waals surface area contributed by atoms with Gasteiger partial charge in [0.15, 0.2) is 0 Å². The third-order valence-corrected chi connectivity index (χ3v) is 2.01. The van der Waals surface area contributed by atoms with Gasteiger partial charge in [-0.2, -0.15) is 0 Å². The molecule has 1 rings (SSSR count). The monoisotopic (exact) mass is 183 g/mol. The maximum atomic E-state index is 10.7. The number of carboxylic acid groups (broad SMARTS) is 1. The first-order chi connectivity index (χ1) is 5.66. The van der Waals surface area contributed by atoms with Crippen LogP contribution in [0.25, 0.3) is 0 Å². The molecule has 0 saturated heterocycles. The Hall–Kier alpha value is -1.16. The molecule has 0 aliphatic heterocycles. The molecule has 1 aromatic heterocycles. The van der Waals surface area contributed by atoms with Gasteiger partial charge in [-0.25, -0.2) is 4.79 Å². The van der Waals surface area contributed by atoms with E-state index in [1.807, 2.05) is 6.92 Å². The molecule has 3 nitrogen and oxygen atoms in total. The topological polar surface area (TPSA) is 53.1 Å². The van der Waals surface area contributed by atoms with Crippen LogP contribution < -0.4 is 0 Å². The molecule has 4 heteroatoms. The number of carbonyl (C=O) groups is 1. The predicted octanol–water partition coefficient (Wildman–Crippen LogP) is 2.00. The number of nitrogens with one attached hydrogen (secondary N) is 1. The minimum absolute atomic E-state index is 0.199. The average molecular weight is 183 g/mol. The first-order valence-electron chi connectivity index (χ1n) is 3.60. The highest BCUT2D eigenvalue weighted by Gasteiger charge is 2.08. The largest absolute Gasteiger partial charge is 0.477 e. The molecule has 0 saturated carbocycles. The molecule has 0 atom stereocenters. The molecule has 0 amide bonds. The number of pyridine rings is 1. The Labute approximate surface area is 75.1 Å². The van der Waals surface area contributed by atoms with Gasteiger partial charge in [-0.1, -0.05) is 19.1 Å². The Morgan fingerprint density at radius 1 is 1.75 bits per heavy atom. The van der Waals surface area contributed by atoms with Crippen molar-refractivity contribution in [2.75, 3.05) is 0 Å². The summed E-state index contributed by atoms with van der Waals surface area (Å²) in [5, 5.41) is 8.74. The summed E-state index contributed by atoms with van der Waals surface area (Å²) in [5.74, 6) is -0.960. The van der Waals surface area contributed by atoms with Crippen LogP contribution in [-0.2, 0) is 6.42 Å². The van der Waals surface area contributed by atoms with Crippen LogP contribution in [0.5, 0.6) is 0 Å². The van der Waals surface area contributed by atoms with Gasteiger partial charge in [0.05, 0.1) is 0 Å². The first kappa shape index (κ1) is 8.93. The molecule has 0 aromatic carbocycles. The number of aromatic carboxylic acids is 1. The minimum Gasteiger partial charge on any atom is -0.477 e. The molecule has 0 unspecified atom stereocenters. The van der Waals surface area contributed by atoms with E-state index in [1.165, 1.54) is 0 Å². The van der Waals surface area contributed by atoms with Gasteiger partial charge in [0, 0.05) is 16.3 Å². The van der Waals surface area contributed by atoms with Crippen LogP contribution in [0.4, 0.5) is 0 Å². The zero-order valence-electron chi connectivity index (χ0n) is 6.63. The fourth-order valence-corrected chi connectivity index (χ4v) is 1.37. The quantitative estimate of drug-likeness (QED) is 0.689. The number of aromatic nitrogens is 1. The lowest BCUT2D eigenvalue weighted by Gasteiger charge is -2.01. The maximum Gasteiger partial charge on any atom is 0.352 e. The molecule has 1 aromatic rings. The second-order valence-corrected chi connectivity index (χ2v) is 2.79. The predicted molar refractivity (Wildman–Crippen MR) is 48.0 cm³/mol. The van der Waals surface area contributed by atoms with Crippen LogP contribution in [0, 0.1) is 4.51 Å². The van der Waals surface area contributed by atoms with Crippen molar-refractivity contribution in [2.24, 2.45) is 0 Å². The summed E-state index contributed by atoms with van der Waals surface area (Å²) in [6.07, 6.45) is 2.18. The summed E-state index contributed by atoms with van der Waals surface area (Å²) in [5.41, 5.74) is 0.894. The Bertz CT molecular complexity index is 356. The van der Waals surface area contributed by atoms with E-state index in [1.54, 1.807) is 12.3 Å². The van der Waals surface area contributed by atoms with Crippen molar-refractivity contribution in [1.82, 2.24) is 4.98 Å². The van der Waals surface area contributed by atoms with Crippen LogP contribution in [0.1, 0.15) is 23.0 Å². The molecule has 0 fully saturated rings. The normalized spacial score (nSPS) is 9.75. The van der Waals surface area contributed by atoms with Crippen molar-refractivity contribution in [2.45, 2.75) is 13.3 Å². The van der Waals surface area contributed by atoms with E-state index in [0.717, 1.165) is 0 Å². The van der Waals surface area contributed by atoms with Crippen molar-refractivity contribution in [3.63, 3.8) is 0 Å². The number of carboxylic acids is 1. The lowest BCUT2D eigenvalue weighted by atomic mass is 10.1. The number of aromatic amines is 1. The molecular formula is C8H9NO2S. The zero-order chi connectivity index (χ0) is 9.14. The summed E-state index contributed by atoms with van der Waals surface area (Å²) >= 11 is 4.97. The van der Waals surface area contributed by atoms with Gasteiger partial charge in [0.1, 0.15) is 5.69 Å². The molecule has 2 N–H and O–H groups in total. The van der Waals surface area contributed by atoms with Crippen molar-refractivity contribution in [3.8, 4) is 0 Å². The number of hydrogen-bond acceptors (Lipinski definition) is 2. The molecule has 0 bridgehead atoms. The van der Waals surface area contributed by atoms with Gasteiger partial charge in [0.2, 0.25) is 0 Å². The molecule has 0 aliphatic carbocycles. The van der Waals surface area contributed by atoms with Gasteiger partial charge < -0.3 is 10.1 Å². The van der Waals surface area contributed by atoms with E-state index < -0.39 is 5.97 Å². The Morgan fingerprint density at radius 2 is 2.42 bits per heavy atom. The standard InChI is InChI=1S/C8H9NO2S/c1-2-5-6(12)3-4-9-7(5)8(10)11/h3-4H,2H2,1H3,(H,9,12)(H,10,11). The van der Waals surface area contributed by atoms with Crippen LogP contribution in [-0.4, -0.2) is 16.1 Å². The Balaban J connectivity index is 3.38. The van der Waals surface area contributed by atoms with E-state index in [2.05, 4.69) is 4.98 Å². The maximum absolute atomic E-state index is 10.7. The molecule has 0 radical (unpaired) electrons. The summed E-state index contributed by atoms with van der Waals surface area (Å²) < 4.78 is 0.605. The highest BCUT2D eigenvalue weighted by atomic mass is 32.1. The fraction of sp³-hybridized carbons (Fsp3) is 0.250. The molecular weight excluding hydrogens is 174 g/mol. The third-order valence-electron chi connectivity index (χ3n) is 1.63. The van der Waals surface area contributed by atoms with Crippen LogP contribution in [0.15, 0.2) is 12.3 Å². The number of hydrogen-bond donors (Lipinski definition) is 2. The first-order valence-corrected chi connectivity index (χ1v) is 4.01. The zero-order valence-corrected chi connectivity index (χ0v) is 7.44. The van der Waals surface area contributed by atoms with E-state index >= 15 is 0 Å². The third kappa shape index (κ3) is 1.53. The summed E-state index contributed by atoms with van der Waals surface area (Å²) in [7, 11) is 0. The molecule has 0 spiro atoms. The SMILES string of the molecule is CCc1c(C(=O)O)[nH]ccc1=S. The second kappa shape index (κ2) is 3.49. The highest BCUT2D eigenvalue weighted by molar-refractivity contribution is 7.71. The number of rotatable bonds is 2. The van der Waals surface area contributed by atoms with Gasteiger partial charge >= 0.3 is 5.97 Å². The summed E-state index contributed by atoms with van der Waals surface area (Å²) in [6, 6.07) is 1.70. The van der Waals surface area contributed by atoms with Gasteiger partial charge in [-0.15, -0.1) is 0 Å². The van der Waals surface area contributed by atoms with E-state index in [9.17, 15) is 4.79 Å². The van der Waals surface area contributed by atoms with Crippen LogP contribution in [0.2, 0.25) is 0 Å². The molecule has 1 heterocycles. The Kier molecular flexibility index (Phi) is 2.60. The van der Waals surface area contributed by atoms with Crippen LogP contribution >= 0.6 is 12.2 Å². The summed E-state index contributed by atoms with van der Waals surface area (Å²) in [4.78, 5) is 13.3. The highest BCUT2D eigenvalue weighted by Crippen LogP contribution is 2.08. The summed E-state index contributed by atoms with van der Waals surface area (Å²) in [6.45, 7) is 1.88. The van der Waals surface area contributed by atoms with E-state index in [0.29, 0.717) is 16.5 Å². The molecule has 12 heavy (non-hydrogen) atoms. The lowest BCUT2D eigenvalue weighted by molar-refractivity contribution is 0.0689. The fourth-order valence-electron chi connectivity index (χ4n) is 1.05. The number of H-pyrrole nitrogens is 1. The lowest BCUT2D eigenvalue weighted by Crippen LogP contribution is -2.05. The van der Waals surface area contributed by atoms with Crippen molar-refractivity contribution < 1.29 is 9.90 Å². The molecule has 0 aliphatic rings. The smallest absolute Gasteiger partial charge is 0.352 e. The molecule has 64 valence electrons. The van der Waals surface area contributed by atoms with E-state index in [4.69, 9.17) is 17.3 Å². The minimum atomic E-state index is -0.960. The van der Waals surface area contributed by atoms with Gasteiger partial charge in [0.25, 0.3) is 0 Å². The van der Waals surface area contributed by atoms with Crippen molar-refractivity contribution >= 4 is 18.2 Å². The van der Waals surface area contributed by atoms with E-state index in [-0.39, 0.29) is 5.69 Å². The average Bonchev–Trinajstić information content (AvgIpc) is 2.03. The van der Waals surface area contributed by atoms with Gasteiger partial charge in [-0.3, -0.25) is 0 Å². The van der Waals surface area contributed by atoms with Gasteiger partial charge in [-0.05, 0) is 12.5 Å². The van der Waals surface area contributed by atoms with Crippen molar-refractivity contribution in [1.29, 1.82) is 0 Å².